The summed E-state index contributed by atoms with van der Waals surface area (Å²) in [6.07, 6.45) is 15.8. The number of benzene rings is 4. The Labute approximate surface area is 666 Å². The number of β-amino-alcohol motifs (C(OH)–C–C–N with tert-alkyl or cyclic N) is 2. The average molecular weight is 1520 g/mol. The van der Waals surface area contributed by atoms with Crippen LogP contribution in [-0.4, -0.2) is 171 Å². The van der Waals surface area contributed by atoms with Crippen molar-refractivity contribution in [3.05, 3.63) is 223 Å². The molecule has 12 N–H and O–H groups in total. The number of carboxylic acids is 1. The van der Waals surface area contributed by atoms with Gasteiger partial charge in [-0.25, -0.2) is 0 Å². The van der Waals surface area contributed by atoms with E-state index in [1.54, 1.807) is 19.3 Å². The molecule has 6 aliphatic rings. The van der Waals surface area contributed by atoms with Gasteiger partial charge >= 0.3 is 30.8 Å². The van der Waals surface area contributed by atoms with Gasteiger partial charge in [0.15, 0.2) is 11.6 Å². The molecule has 6 fully saturated rings. The van der Waals surface area contributed by atoms with E-state index in [1.807, 2.05) is 151 Å². The Morgan fingerprint density at radius 2 is 0.812 bits per heavy atom. The SMILES string of the molecule is C.CCOC(=O)[C@@H](CO)NCc1cnc(C(=O)Cc2cccc(-c3cccc(NC(=O)c4cc(C5CC5)c(CN5CC(C)(O)C5)cn4)c3C)c2C)cc1C1CC1.Cc1c(CC(=O)c2cc(C3CC3)c(CN[C@H](CO)C(=O)O)cn2)cccc1-c1cccc(NC(=O)c2cc(C3CC3)c(CN3CC(C)(O)C3)cn2)c1C.O.[Li+].[OH-]. The summed E-state index contributed by atoms with van der Waals surface area (Å²) in [6.45, 7) is 17.3. The first-order valence-electron chi connectivity index (χ1n) is 37.8. The van der Waals surface area contributed by atoms with Crippen molar-refractivity contribution < 1.29 is 88.8 Å². The molecule has 2 aliphatic heterocycles. The molecule has 0 unspecified atom stereocenters. The molecule has 4 aromatic heterocycles. The van der Waals surface area contributed by atoms with Crippen molar-refractivity contribution in [2.75, 3.05) is 56.6 Å². The van der Waals surface area contributed by atoms with Crippen molar-refractivity contribution in [1.82, 2.24) is 40.4 Å². The van der Waals surface area contributed by atoms with Crippen LogP contribution in [0.2, 0.25) is 0 Å². The van der Waals surface area contributed by atoms with Crippen LogP contribution < -0.4 is 40.1 Å². The number of aliphatic carboxylic acids is 1. The zero-order chi connectivity index (χ0) is 76.3. The number of pyridine rings is 4. The first kappa shape index (κ1) is 86.9. The molecule has 25 heteroatoms. The minimum atomic E-state index is -1.12. The van der Waals surface area contributed by atoms with Gasteiger partial charge in [0.25, 0.3) is 11.8 Å². The van der Waals surface area contributed by atoms with Gasteiger partial charge in [0, 0.05) is 101 Å². The van der Waals surface area contributed by atoms with E-state index in [2.05, 4.69) is 51.0 Å². The number of esters is 1. The number of nitrogens with one attached hydrogen (secondary N) is 4. The molecule has 2 atom stereocenters. The molecular weight excluding hydrogens is 1420 g/mol. The molecule has 0 bridgehead atoms. The molecule has 4 saturated carbocycles. The second kappa shape index (κ2) is 37.2. The zero-order valence-corrected chi connectivity index (χ0v) is 64.6. The van der Waals surface area contributed by atoms with Crippen molar-refractivity contribution in [3.63, 3.8) is 0 Å². The third-order valence-electron chi connectivity index (χ3n) is 21.9. The van der Waals surface area contributed by atoms with Gasteiger partial charge in [-0.1, -0.05) is 68.1 Å². The maximum atomic E-state index is 13.7. The largest absolute Gasteiger partial charge is 1.00 e. The quantitative estimate of drug-likeness (QED) is 0.0114. The summed E-state index contributed by atoms with van der Waals surface area (Å²) in [4.78, 5) is 101. The predicted octanol–water partition coefficient (Wildman–Crippen LogP) is 7.71. The maximum absolute atomic E-state index is 13.7. The topological polar surface area (TPSA) is 380 Å². The van der Waals surface area contributed by atoms with Crippen molar-refractivity contribution in [1.29, 1.82) is 0 Å². The fourth-order valence-corrected chi connectivity index (χ4v) is 15.3. The van der Waals surface area contributed by atoms with Crippen molar-refractivity contribution in [3.8, 4) is 22.3 Å². The molecule has 8 aromatic rings. The third-order valence-corrected chi connectivity index (χ3v) is 21.9. The number of ketones is 2. The number of amides is 2. The van der Waals surface area contributed by atoms with Gasteiger partial charge in [-0.15, -0.1) is 0 Å². The predicted molar refractivity (Wildman–Crippen MR) is 423 cm³/mol. The van der Waals surface area contributed by atoms with Gasteiger partial charge < -0.3 is 51.9 Å². The summed E-state index contributed by atoms with van der Waals surface area (Å²) in [5.74, 6) is -0.806. The Morgan fingerprint density at radius 1 is 0.491 bits per heavy atom. The van der Waals surface area contributed by atoms with E-state index in [0.717, 1.165) is 147 Å². The maximum Gasteiger partial charge on any atom is 1.00 e. The number of rotatable bonds is 31. The van der Waals surface area contributed by atoms with Crippen LogP contribution in [0.1, 0.15) is 223 Å². The number of nitrogens with zero attached hydrogens (tertiary/aromatic N) is 6. The number of likely N-dealkylation sites (tertiary alicyclic amines) is 2. The molecule has 2 amide bonds. The number of aliphatic hydroxyl groups excluding tert-OH is 2. The number of carbonyl (C=O) groups is 6. The summed E-state index contributed by atoms with van der Waals surface area (Å²) in [7, 11) is 0. The standard InChI is InChI=1S/C44H51N5O6.C42H47N5O6.CH4.Li.2H2O/c1-5-55-43(53)40(23-50)47-20-31-19-45-38(17-35(31)28-12-13-28)41(51)16-30-8-6-9-33(26(30)2)34-10-7-11-37(27(34)3)48-42(52)39-18-36(29-14-15-29)32(21-46-39)22-49-24-44(4,54)25-49;1-24-28(14-39(49)36-15-33(26-10-11-26)29(17-43-36)18-45-38(21-48)41(51)52)6-4-7-31(24)32-8-5-9-35(25(32)2)46-40(50)37-16-34(27-12-13-27)30(19-44-37)20-47-22-42(3,53)23-47;;;;/h6-11,17-19,21,28-29,40,47,50,54H,5,12-16,20,22-25H2,1-4H3,(H,48,52);4-9,15-17,19,26-27,38,45,48,53H,10-14,18,20-23H2,1-3H3,(H,46,50)(H,51,52);1H4;;2*1H2/q;;;+1;;/p-1/t40-;38-;;;;/m11..../s1. The van der Waals surface area contributed by atoms with Crippen LogP contribution >= 0.6 is 0 Å². The van der Waals surface area contributed by atoms with Crippen molar-refractivity contribution in [2.45, 2.75) is 193 Å². The number of aromatic nitrogens is 4. The summed E-state index contributed by atoms with van der Waals surface area (Å²) in [5, 5.41) is 60.8. The summed E-state index contributed by atoms with van der Waals surface area (Å²) in [5.41, 5.74) is 19.4. The number of carbonyl (C=O) groups excluding carboxylic acids is 5. The van der Waals surface area contributed by atoms with Gasteiger partial charge in [-0.3, -0.25) is 69.1 Å². The monoisotopic (exact) mass is 1520 g/mol. The fraction of sp³-hybridized carbons (Fsp3) is 0.425. The molecular formula is C87H105LiN10O14. The number of ether oxygens (including phenoxy) is 1. The molecule has 2 saturated heterocycles. The van der Waals surface area contributed by atoms with Crippen LogP contribution in [0.5, 0.6) is 0 Å². The summed E-state index contributed by atoms with van der Waals surface area (Å²) >= 11 is 0. The zero-order valence-electron chi connectivity index (χ0n) is 64.6. The van der Waals surface area contributed by atoms with Crippen LogP contribution in [0.25, 0.3) is 22.3 Å². The Hall–Kier alpha value is -9.10. The Morgan fingerprint density at radius 3 is 1.15 bits per heavy atom. The average Bonchev–Trinajstić information content (AvgIpc) is 1.77. The van der Waals surface area contributed by atoms with E-state index < -0.39 is 41.8 Å². The molecule has 4 aromatic carbocycles. The number of hydrogen-bond acceptors (Lipinski definition) is 20. The normalized spacial score (nSPS) is 16.5. The molecule has 24 nitrogen and oxygen atoms in total. The molecule has 4 aliphatic carbocycles. The minimum absolute atomic E-state index is 0. The number of hydrogen-bond donors (Lipinski definition) is 9. The number of Topliss-reactive ketones (excluding diaryl/α,β-unsaturated/α-hetero) is 2. The molecule has 0 radical (unpaired) electrons. The van der Waals surface area contributed by atoms with Gasteiger partial charge in [0.1, 0.15) is 34.9 Å². The van der Waals surface area contributed by atoms with Crippen molar-refractivity contribution >= 4 is 46.7 Å². The van der Waals surface area contributed by atoms with Gasteiger partial charge in [0.2, 0.25) is 0 Å². The van der Waals surface area contributed by atoms with Crippen LogP contribution in [0.4, 0.5) is 11.4 Å². The fourth-order valence-electron chi connectivity index (χ4n) is 15.3. The molecule has 112 heavy (non-hydrogen) atoms. The molecule has 6 heterocycles. The van der Waals surface area contributed by atoms with Crippen LogP contribution in [0.3, 0.4) is 0 Å². The smallest absolute Gasteiger partial charge is 0.870 e. The Kier molecular flexibility index (Phi) is 28.9. The molecule has 588 valence electrons. The molecule has 0 spiro atoms. The third kappa shape index (κ3) is 20.8. The van der Waals surface area contributed by atoms with Crippen molar-refractivity contribution in [2.24, 2.45) is 0 Å². The van der Waals surface area contributed by atoms with Crippen LogP contribution in [-0.2, 0) is 53.3 Å². The number of aliphatic hydroxyl groups is 4. The van der Waals surface area contributed by atoms with Crippen LogP contribution in [0.15, 0.2) is 122 Å². The Balaban J connectivity index is 0.000000248. The minimum Gasteiger partial charge on any atom is -0.870 e. The van der Waals surface area contributed by atoms with E-state index in [1.165, 1.54) is 11.1 Å². The first-order valence-corrected chi connectivity index (χ1v) is 37.8. The van der Waals surface area contributed by atoms with E-state index in [-0.39, 0.29) is 93.2 Å². The number of anilines is 2. The van der Waals surface area contributed by atoms with E-state index in [4.69, 9.17) is 4.74 Å². The summed E-state index contributed by atoms with van der Waals surface area (Å²) < 4.78 is 5.06. The van der Waals surface area contributed by atoms with E-state index >= 15 is 0 Å². The Bertz CT molecular complexity index is 4770. The second-order valence-electron chi connectivity index (χ2n) is 31.0. The molecule has 14 rings (SSSR count). The van der Waals surface area contributed by atoms with Gasteiger partial charge in [-0.2, -0.15) is 0 Å². The van der Waals surface area contributed by atoms with Gasteiger partial charge in [-0.05, 0) is 260 Å². The van der Waals surface area contributed by atoms with Crippen LogP contribution in [0, 0.1) is 27.7 Å². The first-order chi connectivity index (χ1) is 51.8. The number of carboxylic acid groups (broad SMARTS) is 1. The van der Waals surface area contributed by atoms with E-state index in [9.17, 15) is 54.3 Å². The summed E-state index contributed by atoms with van der Waals surface area (Å²) in [6, 6.07) is 29.3. The van der Waals surface area contributed by atoms with E-state index in [0.29, 0.717) is 97.1 Å². The second-order valence-corrected chi connectivity index (χ2v) is 31.0. The van der Waals surface area contributed by atoms with Gasteiger partial charge in [0.05, 0.1) is 31.0 Å².